The van der Waals surface area contributed by atoms with Gasteiger partial charge in [-0.15, -0.1) is 0 Å². The summed E-state index contributed by atoms with van der Waals surface area (Å²) < 4.78 is 0. The van der Waals surface area contributed by atoms with Crippen LogP contribution in [0.25, 0.3) is 0 Å². The monoisotopic (exact) mass is 293 g/mol. The van der Waals surface area contributed by atoms with Gasteiger partial charge in [0.15, 0.2) is 0 Å². The Balaban J connectivity index is 2.42. The lowest BCUT2D eigenvalue weighted by Crippen LogP contribution is -2.34. The maximum absolute atomic E-state index is 12.0. The summed E-state index contributed by atoms with van der Waals surface area (Å²) >= 11 is 0. The second-order valence-electron chi connectivity index (χ2n) is 5.52. The molecule has 118 valence electrons. The Morgan fingerprint density at radius 1 is 1.38 bits per heavy atom. The molecule has 0 aromatic heterocycles. The van der Waals surface area contributed by atoms with E-state index in [0.717, 1.165) is 24.2 Å². The zero-order chi connectivity index (χ0) is 15.8. The van der Waals surface area contributed by atoms with Gasteiger partial charge >= 0.3 is 0 Å². The highest BCUT2D eigenvalue weighted by atomic mass is 16.3. The number of carbonyl (C=O) groups excluding carboxylic acids is 1. The lowest BCUT2D eigenvalue weighted by Gasteiger charge is -2.25. The van der Waals surface area contributed by atoms with Crippen LogP contribution in [-0.4, -0.2) is 41.7 Å². The van der Waals surface area contributed by atoms with Gasteiger partial charge < -0.3 is 16.2 Å². The standard InChI is InChI=1S/C16H27N3O2/c1-12(2)19(10-11-20)9-5-8-16(21)18-15-7-4-6-14(17)13(15)3/h4,6-7,12,20H,5,8-11,17H2,1-3H3,(H,18,21). The van der Waals surface area contributed by atoms with Crippen molar-refractivity contribution < 1.29 is 9.90 Å². The topological polar surface area (TPSA) is 78.6 Å². The maximum Gasteiger partial charge on any atom is 0.224 e. The fraction of sp³-hybridized carbons (Fsp3) is 0.562. The van der Waals surface area contributed by atoms with Gasteiger partial charge in [-0.2, -0.15) is 0 Å². The van der Waals surface area contributed by atoms with Crippen LogP contribution in [0.1, 0.15) is 32.3 Å². The number of aliphatic hydroxyl groups excluding tert-OH is 1. The summed E-state index contributed by atoms with van der Waals surface area (Å²) in [7, 11) is 0. The van der Waals surface area contributed by atoms with Crippen molar-refractivity contribution >= 4 is 17.3 Å². The molecular formula is C16H27N3O2. The summed E-state index contributed by atoms with van der Waals surface area (Å²) in [6, 6.07) is 5.88. The van der Waals surface area contributed by atoms with E-state index < -0.39 is 0 Å². The Morgan fingerprint density at radius 2 is 2.10 bits per heavy atom. The second kappa shape index (κ2) is 8.64. The van der Waals surface area contributed by atoms with Crippen molar-refractivity contribution in [2.24, 2.45) is 0 Å². The van der Waals surface area contributed by atoms with Gasteiger partial charge in [0, 0.05) is 30.4 Å². The molecule has 0 heterocycles. The molecule has 5 nitrogen and oxygen atoms in total. The van der Waals surface area contributed by atoms with Gasteiger partial charge in [-0.3, -0.25) is 9.69 Å². The molecular weight excluding hydrogens is 266 g/mol. The van der Waals surface area contributed by atoms with Crippen molar-refractivity contribution in [2.75, 3.05) is 30.7 Å². The van der Waals surface area contributed by atoms with Gasteiger partial charge in [-0.05, 0) is 51.4 Å². The summed E-state index contributed by atoms with van der Waals surface area (Å²) in [5.74, 6) is -0.00333. The minimum absolute atomic E-state index is 0.00333. The first-order valence-corrected chi connectivity index (χ1v) is 7.45. The minimum atomic E-state index is -0.00333. The first kappa shape index (κ1) is 17.5. The third-order valence-corrected chi connectivity index (χ3v) is 3.62. The van der Waals surface area contributed by atoms with Crippen molar-refractivity contribution in [3.8, 4) is 0 Å². The molecule has 0 aliphatic rings. The van der Waals surface area contributed by atoms with Gasteiger partial charge in [-0.1, -0.05) is 6.07 Å². The van der Waals surface area contributed by atoms with E-state index in [1.54, 1.807) is 0 Å². The lowest BCUT2D eigenvalue weighted by atomic mass is 10.1. The highest BCUT2D eigenvalue weighted by Crippen LogP contribution is 2.20. The van der Waals surface area contributed by atoms with Gasteiger partial charge in [0.1, 0.15) is 0 Å². The summed E-state index contributed by atoms with van der Waals surface area (Å²) in [6.45, 7) is 7.67. The normalized spacial score (nSPS) is 11.1. The quantitative estimate of drug-likeness (QED) is 0.641. The molecule has 1 rings (SSSR count). The third-order valence-electron chi connectivity index (χ3n) is 3.62. The number of hydrogen-bond donors (Lipinski definition) is 3. The third kappa shape index (κ3) is 5.73. The molecule has 0 aliphatic carbocycles. The molecule has 0 spiro atoms. The van der Waals surface area contributed by atoms with Crippen LogP contribution in [0.15, 0.2) is 18.2 Å². The van der Waals surface area contributed by atoms with Crippen LogP contribution in [0.5, 0.6) is 0 Å². The molecule has 0 radical (unpaired) electrons. The van der Waals surface area contributed by atoms with Crippen molar-refractivity contribution in [1.82, 2.24) is 4.90 Å². The Hall–Kier alpha value is -1.59. The molecule has 1 amide bonds. The highest BCUT2D eigenvalue weighted by Gasteiger charge is 2.10. The molecule has 0 bridgehead atoms. The largest absolute Gasteiger partial charge is 0.398 e. The number of rotatable bonds is 8. The zero-order valence-electron chi connectivity index (χ0n) is 13.2. The second-order valence-corrected chi connectivity index (χ2v) is 5.52. The van der Waals surface area contributed by atoms with Crippen LogP contribution >= 0.6 is 0 Å². The fourth-order valence-corrected chi connectivity index (χ4v) is 2.20. The van der Waals surface area contributed by atoms with E-state index in [0.29, 0.717) is 24.7 Å². The Labute approximate surface area is 127 Å². The number of carbonyl (C=O) groups is 1. The number of nitrogens with one attached hydrogen (secondary N) is 1. The fourth-order valence-electron chi connectivity index (χ4n) is 2.20. The highest BCUT2D eigenvalue weighted by molar-refractivity contribution is 5.92. The first-order chi connectivity index (χ1) is 9.95. The van der Waals surface area contributed by atoms with E-state index in [2.05, 4.69) is 24.1 Å². The first-order valence-electron chi connectivity index (χ1n) is 7.45. The molecule has 0 atom stereocenters. The lowest BCUT2D eigenvalue weighted by molar-refractivity contribution is -0.116. The molecule has 4 N–H and O–H groups in total. The van der Waals surface area contributed by atoms with Gasteiger partial charge in [-0.25, -0.2) is 0 Å². The minimum Gasteiger partial charge on any atom is -0.398 e. The van der Waals surface area contributed by atoms with Crippen LogP contribution in [0.2, 0.25) is 0 Å². The smallest absolute Gasteiger partial charge is 0.224 e. The number of nitrogens with zero attached hydrogens (tertiary/aromatic N) is 1. The van der Waals surface area contributed by atoms with Crippen LogP contribution in [0.4, 0.5) is 11.4 Å². The Bertz CT molecular complexity index is 461. The zero-order valence-corrected chi connectivity index (χ0v) is 13.2. The molecule has 1 aromatic carbocycles. The Kier molecular flexibility index (Phi) is 7.19. The molecule has 0 unspecified atom stereocenters. The molecule has 0 saturated heterocycles. The number of benzene rings is 1. The summed E-state index contributed by atoms with van der Waals surface area (Å²) in [5, 5.41) is 11.9. The summed E-state index contributed by atoms with van der Waals surface area (Å²) in [6.07, 6.45) is 1.23. The molecule has 5 heteroatoms. The van der Waals surface area contributed by atoms with Crippen molar-refractivity contribution in [1.29, 1.82) is 0 Å². The molecule has 21 heavy (non-hydrogen) atoms. The van der Waals surface area contributed by atoms with Crippen molar-refractivity contribution in [2.45, 2.75) is 39.7 Å². The predicted molar refractivity (Wildman–Crippen MR) is 87.2 cm³/mol. The summed E-state index contributed by atoms with van der Waals surface area (Å²) in [5.41, 5.74) is 8.18. The number of anilines is 2. The van der Waals surface area contributed by atoms with Crippen LogP contribution in [0.3, 0.4) is 0 Å². The summed E-state index contributed by atoms with van der Waals surface area (Å²) in [4.78, 5) is 14.1. The van der Waals surface area contributed by atoms with Crippen LogP contribution in [-0.2, 0) is 4.79 Å². The van der Waals surface area contributed by atoms with E-state index in [1.165, 1.54) is 0 Å². The molecule has 1 aromatic rings. The Morgan fingerprint density at radius 3 is 2.71 bits per heavy atom. The molecule has 0 fully saturated rings. The average molecular weight is 293 g/mol. The van der Waals surface area contributed by atoms with Crippen LogP contribution in [0, 0.1) is 6.92 Å². The van der Waals surface area contributed by atoms with E-state index in [9.17, 15) is 4.79 Å². The number of nitrogens with two attached hydrogens (primary N) is 1. The van der Waals surface area contributed by atoms with Gasteiger partial charge in [0.2, 0.25) is 5.91 Å². The van der Waals surface area contributed by atoms with Crippen molar-refractivity contribution in [3.05, 3.63) is 23.8 Å². The molecule has 0 saturated carbocycles. The van der Waals surface area contributed by atoms with Gasteiger partial charge in [0.25, 0.3) is 0 Å². The van der Waals surface area contributed by atoms with Gasteiger partial charge in [0.05, 0.1) is 6.61 Å². The maximum atomic E-state index is 12.0. The number of amides is 1. The average Bonchev–Trinajstić information content (AvgIpc) is 2.43. The molecule has 0 aliphatic heterocycles. The number of hydrogen-bond acceptors (Lipinski definition) is 4. The SMILES string of the molecule is Cc1c(N)cccc1NC(=O)CCCN(CCO)C(C)C. The van der Waals surface area contributed by atoms with E-state index in [1.807, 2.05) is 25.1 Å². The predicted octanol–water partition coefficient (Wildman–Crippen LogP) is 2.00. The number of nitrogen functional groups attached to an aromatic ring is 1. The van der Waals surface area contributed by atoms with E-state index in [4.69, 9.17) is 10.8 Å². The van der Waals surface area contributed by atoms with E-state index >= 15 is 0 Å². The van der Waals surface area contributed by atoms with Crippen molar-refractivity contribution in [3.63, 3.8) is 0 Å². The number of aliphatic hydroxyl groups is 1. The van der Waals surface area contributed by atoms with Crippen LogP contribution < -0.4 is 11.1 Å². The van der Waals surface area contributed by atoms with E-state index in [-0.39, 0.29) is 12.5 Å².